The van der Waals surface area contributed by atoms with Gasteiger partial charge in [-0.2, -0.15) is 0 Å². The maximum absolute atomic E-state index is 6.74. The lowest BCUT2D eigenvalue weighted by atomic mass is 10.1. The topological polar surface area (TPSA) is 61.5 Å². The minimum atomic E-state index is 0.637. The Bertz CT molecular complexity index is 1300. The number of rotatable bonds is 5. The highest BCUT2D eigenvalue weighted by Crippen LogP contribution is 2.37. The van der Waals surface area contributed by atoms with Crippen molar-refractivity contribution in [2.45, 2.75) is 20.8 Å². The van der Waals surface area contributed by atoms with Crippen LogP contribution in [0.2, 0.25) is 0 Å². The van der Waals surface area contributed by atoms with E-state index in [4.69, 9.17) is 5.73 Å². The quantitative estimate of drug-likeness (QED) is 0.443. The average molecular weight is 453 g/mol. The normalized spacial score (nSPS) is 14.0. The summed E-state index contributed by atoms with van der Waals surface area (Å²) >= 11 is 0. The number of nitrogens with zero attached hydrogens (tertiary/aromatic N) is 5. The van der Waals surface area contributed by atoms with E-state index in [-0.39, 0.29) is 0 Å². The Balaban J connectivity index is 1.42. The van der Waals surface area contributed by atoms with E-state index in [1.165, 1.54) is 27.6 Å². The highest BCUT2D eigenvalue weighted by Gasteiger charge is 2.24. The van der Waals surface area contributed by atoms with Crippen LogP contribution in [0.3, 0.4) is 0 Å². The fraction of sp³-hybridized carbons (Fsp3) is 0.286. The number of hydrogen-bond donors (Lipinski definition) is 1. The smallest absolute Gasteiger partial charge is 0.161 e. The molecule has 174 valence electrons. The Morgan fingerprint density at radius 2 is 1.56 bits per heavy atom. The maximum atomic E-state index is 6.74. The van der Waals surface area contributed by atoms with Gasteiger partial charge in [0.05, 0.1) is 5.69 Å². The zero-order valence-corrected chi connectivity index (χ0v) is 20.2. The molecule has 2 heterocycles. The summed E-state index contributed by atoms with van der Waals surface area (Å²) in [6, 6.07) is 21.3. The second-order valence-corrected chi connectivity index (χ2v) is 8.87. The maximum Gasteiger partial charge on any atom is 0.161 e. The molecule has 0 unspecified atom stereocenters. The first kappa shape index (κ1) is 22.0. The molecule has 4 aromatic rings. The molecule has 2 N–H and O–H groups in total. The summed E-state index contributed by atoms with van der Waals surface area (Å²) in [5.74, 6) is 1.59. The van der Waals surface area contributed by atoms with E-state index in [0.29, 0.717) is 5.69 Å². The van der Waals surface area contributed by atoms with Gasteiger partial charge in [-0.3, -0.25) is 0 Å². The molecule has 0 aliphatic carbocycles. The lowest BCUT2D eigenvalue weighted by Gasteiger charge is -2.38. The third-order valence-corrected chi connectivity index (χ3v) is 6.97. The Labute approximate surface area is 201 Å². The molecule has 1 fully saturated rings. The summed E-state index contributed by atoms with van der Waals surface area (Å²) < 4.78 is 0. The van der Waals surface area contributed by atoms with E-state index in [0.717, 1.165) is 50.0 Å². The number of aryl methyl sites for hydroxylation is 1. The van der Waals surface area contributed by atoms with Gasteiger partial charge in [0.1, 0.15) is 12.0 Å². The molecule has 6 nitrogen and oxygen atoms in total. The average Bonchev–Trinajstić information content (AvgIpc) is 2.87. The molecule has 0 radical (unpaired) electrons. The van der Waals surface area contributed by atoms with Gasteiger partial charge in [-0.25, -0.2) is 9.97 Å². The summed E-state index contributed by atoms with van der Waals surface area (Å²) in [7, 11) is 0. The van der Waals surface area contributed by atoms with Crippen LogP contribution in [-0.2, 0) is 0 Å². The molecule has 34 heavy (non-hydrogen) atoms. The minimum absolute atomic E-state index is 0.637. The third kappa shape index (κ3) is 3.89. The van der Waals surface area contributed by atoms with Crippen LogP contribution >= 0.6 is 0 Å². The van der Waals surface area contributed by atoms with Crippen molar-refractivity contribution in [3.63, 3.8) is 0 Å². The minimum Gasteiger partial charge on any atom is -0.393 e. The van der Waals surface area contributed by atoms with E-state index >= 15 is 0 Å². The number of fused-ring (bicyclic) bond motifs is 1. The van der Waals surface area contributed by atoms with E-state index in [1.807, 2.05) is 0 Å². The van der Waals surface area contributed by atoms with Gasteiger partial charge in [0.15, 0.2) is 11.6 Å². The zero-order chi connectivity index (χ0) is 23.7. The summed E-state index contributed by atoms with van der Waals surface area (Å²) in [5, 5.41) is 2.39. The first-order valence-electron chi connectivity index (χ1n) is 12.0. The number of hydrogen-bond acceptors (Lipinski definition) is 6. The van der Waals surface area contributed by atoms with Gasteiger partial charge in [0, 0.05) is 43.8 Å². The van der Waals surface area contributed by atoms with Crippen molar-refractivity contribution >= 4 is 39.5 Å². The highest BCUT2D eigenvalue weighted by molar-refractivity contribution is 5.97. The SMILES string of the molecule is CCN(c1ncnc(N2CCN(c3cccc(C)c3C)CC2)c1N)c1cccc2ccccc12. The molecule has 0 atom stereocenters. The molecule has 1 aliphatic rings. The molecule has 0 bridgehead atoms. The van der Waals surface area contributed by atoms with Gasteiger partial charge in [-0.15, -0.1) is 0 Å². The van der Waals surface area contributed by atoms with Crippen LogP contribution in [0, 0.1) is 13.8 Å². The lowest BCUT2D eigenvalue weighted by Crippen LogP contribution is -2.47. The number of anilines is 5. The largest absolute Gasteiger partial charge is 0.393 e. The molecule has 1 aromatic heterocycles. The predicted octanol–water partition coefficient (Wildman–Crippen LogP) is 5.31. The molecule has 0 spiro atoms. The Kier molecular flexibility index (Phi) is 5.97. The molecule has 0 saturated carbocycles. The van der Waals surface area contributed by atoms with Gasteiger partial charge in [-0.05, 0) is 49.4 Å². The first-order valence-corrected chi connectivity index (χ1v) is 12.0. The number of benzene rings is 3. The van der Waals surface area contributed by atoms with Crippen LogP contribution in [0.4, 0.5) is 28.7 Å². The lowest BCUT2D eigenvalue weighted by molar-refractivity contribution is 0.646. The van der Waals surface area contributed by atoms with Crippen LogP contribution in [0.25, 0.3) is 10.8 Å². The summed E-state index contributed by atoms with van der Waals surface area (Å²) in [6.45, 7) is 10.9. The zero-order valence-electron chi connectivity index (χ0n) is 20.2. The fourth-order valence-electron chi connectivity index (χ4n) is 4.96. The van der Waals surface area contributed by atoms with Crippen molar-refractivity contribution in [3.05, 3.63) is 78.1 Å². The van der Waals surface area contributed by atoms with Crippen molar-refractivity contribution in [2.75, 3.05) is 53.2 Å². The summed E-state index contributed by atoms with van der Waals surface area (Å²) in [6.07, 6.45) is 1.64. The van der Waals surface area contributed by atoms with E-state index in [2.05, 4.69) is 106 Å². The first-order chi connectivity index (χ1) is 16.6. The molecular weight excluding hydrogens is 420 g/mol. The molecule has 1 saturated heterocycles. The van der Waals surface area contributed by atoms with Crippen molar-refractivity contribution in [1.82, 2.24) is 9.97 Å². The molecule has 3 aromatic carbocycles. The highest BCUT2D eigenvalue weighted by atomic mass is 15.3. The second kappa shape index (κ2) is 9.21. The van der Waals surface area contributed by atoms with Gasteiger partial charge < -0.3 is 20.4 Å². The van der Waals surface area contributed by atoms with Crippen LogP contribution in [0.5, 0.6) is 0 Å². The van der Waals surface area contributed by atoms with Gasteiger partial charge in [0.25, 0.3) is 0 Å². The summed E-state index contributed by atoms with van der Waals surface area (Å²) in [4.78, 5) is 16.2. The standard InChI is InChI=1S/C28H32N6/c1-4-34(25-14-8-11-22-10-5-6-12-23(22)25)28-26(29)27(30-19-31-28)33-17-15-32(16-18-33)24-13-7-9-20(2)21(24)3/h5-14,19H,4,15-18,29H2,1-3H3. The summed E-state index contributed by atoms with van der Waals surface area (Å²) in [5.41, 5.74) is 12.5. The van der Waals surface area contributed by atoms with Crippen molar-refractivity contribution in [2.24, 2.45) is 0 Å². The van der Waals surface area contributed by atoms with Crippen LogP contribution in [0.1, 0.15) is 18.1 Å². The Morgan fingerprint density at radius 1 is 0.853 bits per heavy atom. The van der Waals surface area contributed by atoms with Crippen molar-refractivity contribution in [1.29, 1.82) is 0 Å². The third-order valence-electron chi connectivity index (χ3n) is 6.97. The van der Waals surface area contributed by atoms with Crippen LogP contribution in [0.15, 0.2) is 67.0 Å². The Morgan fingerprint density at radius 3 is 2.35 bits per heavy atom. The molecule has 1 aliphatic heterocycles. The molecule has 5 rings (SSSR count). The van der Waals surface area contributed by atoms with Gasteiger partial charge in [0.2, 0.25) is 0 Å². The van der Waals surface area contributed by atoms with E-state index in [9.17, 15) is 0 Å². The van der Waals surface area contributed by atoms with Gasteiger partial charge in [-0.1, -0.05) is 48.5 Å². The van der Waals surface area contributed by atoms with Crippen LogP contribution in [-0.4, -0.2) is 42.7 Å². The Hall–Kier alpha value is -3.80. The van der Waals surface area contributed by atoms with Crippen LogP contribution < -0.4 is 20.4 Å². The van der Waals surface area contributed by atoms with Gasteiger partial charge >= 0.3 is 0 Å². The van der Waals surface area contributed by atoms with E-state index < -0.39 is 0 Å². The van der Waals surface area contributed by atoms with Crippen molar-refractivity contribution < 1.29 is 0 Å². The fourth-order valence-corrected chi connectivity index (χ4v) is 4.96. The number of aromatic nitrogens is 2. The number of nitrogens with two attached hydrogens (primary N) is 1. The number of piperazine rings is 1. The molecular formula is C28H32N6. The molecule has 6 heteroatoms. The second-order valence-electron chi connectivity index (χ2n) is 8.87. The monoisotopic (exact) mass is 452 g/mol. The van der Waals surface area contributed by atoms with E-state index in [1.54, 1.807) is 6.33 Å². The molecule has 0 amide bonds. The predicted molar refractivity (Wildman–Crippen MR) is 143 cm³/mol. The van der Waals surface area contributed by atoms with Crippen molar-refractivity contribution in [3.8, 4) is 0 Å². The number of nitrogen functional groups attached to an aromatic ring is 1.